The molecule has 2 aromatic carbocycles. The molecule has 0 atom stereocenters. The molecule has 4 N–H and O–H groups in total. The first-order valence-corrected chi connectivity index (χ1v) is 6.82. The Morgan fingerprint density at radius 2 is 1.73 bits per heavy atom. The standard InChI is InChI=1S/C14H13N3O3.C2H6/c18-12-7-6-10(8-13(12)19)9-15-17-14(20)16-11-4-2-1-3-5-11;1-2/h1-9,18-19H,(H2,16,17,20);1-2H3/b15-9+;. The van der Waals surface area contributed by atoms with E-state index in [4.69, 9.17) is 5.11 Å². The molecule has 2 amide bonds. The van der Waals surface area contributed by atoms with Crippen molar-refractivity contribution in [3.63, 3.8) is 0 Å². The highest BCUT2D eigenvalue weighted by molar-refractivity contribution is 5.90. The summed E-state index contributed by atoms with van der Waals surface area (Å²) in [4.78, 5) is 11.5. The van der Waals surface area contributed by atoms with E-state index >= 15 is 0 Å². The van der Waals surface area contributed by atoms with E-state index in [1.165, 1.54) is 18.3 Å². The third-order valence-corrected chi connectivity index (χ3v) is 2.41. The van der Waals surface area contributed by atoms with Crippen molar-refractivity contribution in [1.82, 2.24) is 5.43 Å². The molecular weight excluding hydrogens is 282 g/mol. The predicted octanol–water partition coefficient (Wildman–Crippen LogP) is 3.28. The van der Waals surface area contributed by atoms with Crippen molar-refractivity contribution in [2.45, 2.75) is 13.8 Å². The lowest BCUT2D eigenvalue weighted by molar-refractivity contribution is 0.252. The van der Waals surface area contributed by atoms with E-state index in [0.717, 1.165) is 0 Å². The van der Waals surface area contributed by atoms with Gasteiger partial charge in [-0.1, -0.05) is 32.0 Å². The lowest BCUT2D eigenvalue weighted by Gasteiger charge is -2.03. The summed E-state index contributed by atoms with van der Waals surface area (Å²) in [6, 6.07) is 12.7. The number of hydrazone groups is 1. The second kappa shape index (κ2) is 9.02. The topological polar surface area (TPSA) is 94.0 Å². The van der Waals surface area contributed by atoms with Crippen LogP contribution in [0.15, 0.2) is 53.6 Å². The van der Waals surface area contributed by atoms with Crippen LogP contribution in [-0.2, 0) is 0 Å². The average molecular weight is 301 g/mol. The van der Waals surface area contributed by atoms with Crippen molar-refractivity contribution in [1.29, 1.82) is 0 Å². The maximum absolute atomic E-state index is 11.5. The van der Waals surface area contributed by atoms with Crippen molar-refractivity contribution in [3.05, 3.63) is 54.1 Å². The van der Waals surface area contributed by atoms with Crippen LogP contribution < -0.4 is 10.7 Å². The van der Waals surface area contributed by atoms with Crippen LogP contribution in [-0.4, -0.2) is 22.5 Å². The average Bonchev–Trinajstić information content (AvgIpc) is 2.54. The fourth-order valence-corrected chi connectivity index (χ4v) is 1.47. The van der Waals surface area contributed by atoms with Gasteiger partial charge in [-0.25, -0.2) is 10.2 Å². The van der Waals surface area contributed by atoms with Crippen LogP contribution >= 0.6 is 0 Å². The first-order chi connectivity index (χ1) is 10.6. The molecule has 0 radical (unpaired) electrons. The molecule has 0 aliphatic heterocycles. The molecule has 2 aromatic rings. The van der Waals surface area contributed by atoms with E-state index in [9.17, 15) is 9.90 Å². The Kier molecular flexibility index (Phi) is 6.98. The Labute approximate surface area is 129 Å². The fourth-order valence-electron chi connectivity index (χ4n) is 1.47. The minimum Gasteiger partial charge on any atom is -0.504 e. The van der Waals surface area contributed by atoms with E-state index in [0.29, 0.717) is 11.3 Å². The number of phenolic OH excluding ortho intramolecular Hbond substituents is 2. The minimum atomic E-state index is -0.476. The normalized spacial score (nSPS) is 9.73. The summed E-state index contributed by atoms with van der Waals surface area (Å²) < 4.78 is 0. The molecule has 0 heterocycles. The van der Waals surface area contributed by atoms with Gasteiger partial charge in [-0.2, -0.15) is 5.10 Å². The van der Waals surface area contributed by atoms with Gasteiger partial charge in [0.25, 0.3) is 0 Å². The summed E-state index contributed by atoms with van der Waals surface area (Å²) in [5.41, 5.74) is 3.49. The highest BCUT2D eigenvalue weighted by Gasteiger charge is 2.00. The molecule has 0 unspecified atom stereocenters. The molecule has 0 bridgehead atoms. The number of hydrogen-bond acceptors (Lipinski definition) is 4. The Bertz CT molecular complexity index is 628. The molecule has 6 nitrogen and oxygen atoms in total. The summed E-state index contributed by atoms with van der Waals surface area (Å²) in [5, 5.41) is 24.8. The van der Waals surface area contributed by atoms with E-state index in [-0.39, 0.29) is 11.5 Å². The summed E-state index contributed by atoms with van der Waals surface area (Å²) in [7, 11) is 0. The molecule has 116 valence electrons. The van der Waals surface area contributed by atoms with Crippen molar-refractivity contribution in [2.24, 2.45) is 5.10 Å². The zero-order valence-electron chi connectivity index (χ0n) is 12.4. The largest absolute Gasteiger partial charge is 0.504 e. The number of para-hydroxylation sites is 1. The number of benzene rings is 2. The number of nitrogens with one attached hydrogen (secondary N) is 2. The van der Waals surface area contributed by atoms with Gasteiger partial charge in [-0.3, -0.25) is 0 Å². The van der Waals surface area contributed by atoms with Crippen LogP contribution in [0.5, 0.6) is 11.5 Å². The SMILES string of the molecule is CC.O=C(N/N=C/c1ccc(O)c(O)c1)Nc1ccccc1. The van der Waals surface area contributed by atoms with Crippen LogP contribution in [0.2, 0.25) is 0 Å². The zero-order valence-corrected chi connectivity index (χ0v) is 12.4. The minimum absolute atomic E-state index is 0.211. The van der Waals surface area contributed by atoms with Gasteiger partial charge in [0.05, 0.1) is 6.21 Å². The van der Waals surface area contributed by atoms with Crippen LogP contribution in [0.1, 0.15) is 19.4 Å². The Morgan fingerprint density at radius 3 is 2.36 bits per heavy atom. The quantitative estimate of drug-likeness (QED) is 0.398. The molecule has 0 saturated carbocycles. The van der Waals surface area contributed by atoms with Crippen LogP contribution in [0.3, 0.4) is 0 Å². The number of rotatable bonds is 3. The van der Waals surface area contributed by atoms with Gasteiger partial charge in [0.1, 0.15) is 0 Å². The molecule has 0 aliphatic carbocycles. The van der Waals surface area contributed by atoms with Crippen molar-refractivity contribution < 1.29 is 15.0 Å². The number of carbonyl (C=O) groups is 1. The number of amides is 2. The fraction of sp³-hybridized carbons (Fsp3) is 0.125. The second-order valence-corrected chi connectivity index (χ2v) is 3.94. The molecule has 0 aliphatic rings. The summed E-state index contributed by atoms with van der Waals surface area (Å²) in [6.07, 6.45) is 1.35. The highest BCUT2D eigenvalue weighted by atomic mass is 16.3. The van der Waals surface area contributed by atoms with Crippen molar-refractivity contribution in [3.8, 4) is 11.5 Å². The summed E-state index contributed by atoms with van der Waals surface area (Å²) in [6.45, 7) is 4.00. The highest BCUT2D eigenvalue weighted by Crippen LogP contribution is 2.23. The summed E-state index contributed by atoms with van der Waals surface area (Å²) in [5.74, 6) is -0.459. The molecule has 0 saturated heterocycles. The Balaban J connectivity index is 0.00000116. The zero-order chi connectivity index (χ0) is 16.4. The number of phenols is 2. The number of carbonyl (C=O) groups excluding carboxylic acids is 1. The number of hydrogen-bond donors (Lipinski definition) is 4. The molecule has 22 heavy (non-hydrogen) atoms. The number of aromatic hydroxyl groups is 2. The third kappa shape index (κ3) is 5.54. The third-order valence-electron chi connectivity index (χ3n) is 2.41. The van der Waals surface area contributed by atoms with E-state index in [2.05, 4.69) is 15.8 Å². The first kappa shape index (κ1) is 17.0. The van der Waals surface area contributed by atoms with Gasteiger partial charge < -0.3 is 15.5 Å². The molecule has 6 heteroatoms. The van der Waals surface area contributed by atoms with Gasteiger partial charge in [0, 0.05) is 5.69 Å². The second-order valence-electron chi connectivity index (χ2n) is 3.94. The maximum Gasteiger partial charge on any atom is 0.339 e. The van der Waals surface area contributed by atoms with Gasteiger partial charge in [-0.05, 0) is 35.9 Å². The molecule has 2 rings (SSSR count). The van der Waals surface area contributed by atoms with Crippen LogP contribution in [0.4, 0.5) is 10.5 Å². The van der Waals surface area contributed by atoms with Crippen molar-refractivity contribution in [2.75, 3.05) is 5.32 Å². The van der Waals surface area contributed by atoms with Gasteiger partial charge in [-0.15, -0.1) is 0 Å². The monoisotopic (exact) mass is 301 g/mol. The van der Waals surface area contributed by atoms with Crippen molar-refractivity contribution >= 4 is 17.9 Å². The number of anilines is 1. The van der Waals surface area contributed by atoms with E-state index < -0.39 is 6.03 Å². The number of urea groups is 1. The lowest BCUT2D eigenvalue weighted by Crippen LogP contribution is -2.24. The molecule has 0 spiro atoms. The van der Waals surface area contributed by atoms with E-state index in [1.54, 1.807) is 30.3 Å². The van der Waals surface area contributed by atoms with Gasteiger partial charge in [0.2, 0.25) is 0 Å². The van der Waals surface area contributed by atoms with Crippen LogP contribution in [0, 0.1) is 0 Å². The predicted molar refractivity (Wildman–Crippen MR) is 87.3 cm³/mol. The summed E-state index contributed by atoms with van der Waals surface area (Å²) >= 11 is 0. The van der Waals surface area contributed by atoms with E-state index in [1.807, 2.05) is 19.9 Å². The van der Waals surface area contributed by atoms with Gasteiger partial charge in [0.15, 0.2) is 11.5 Å². The molecule has 0 aromatic heterocycles. The molecular formula is C16H19N3O3. The number of nitrogens with zero attached hydrogens (tertiary/aromatic N) is 1. The van der Waals surface area contributed by atoms with Gasteiger partial charge >= 0.3 is 6.03 Å². The smallest absolute Gasteiger partial charge is 0.339 e. The lowest BCUT2D eigenvalue weighted by atomic mass is 10.2. The maximum atomic E-state index is 11.5. The Morgan fingerprint density at radius 1 is 1.05 bits per heavy atom. The molecule has 0 fully saturated rings. The van der Waals surface area contributed by atoms with Crippen LogP contribution in [0.25, 0.3) is 0 Å². The first-order valence-electron chi connectivity index (χ1n) is 6.82. The Hall–Kier alpha value is -3.02.